The summed E-state index contributed by atoms with van der Waals surface area (Å²) in [5, 5.41) is 4.61. The van der Waals surface area contributed by atoms with Crippen molar-refractivity contribution in [3.63, 3.8) is 0 Å². The van der Waals surface area contributed by atoms with Crippen molar-refractivity contribution >= 4 is 5.82 Å². The summed E-state index contributed by atoms with van der Waals surface area (Å²) in [5.41, 5.74) is 10.9. The van der Waals surface area contributed by atoms with E-state index in [9.17, 15) is 0 Å². The number of nitrogen functional groups attached to an aromatic ring is 1. The third-order valence-corrected chi connectivity index (χ3v) is 3.92. The first kappa shape index (κ1) is 11.3. The minimum Gasteiger partial charge on any atom is -0.383 e. The summed E-state index contributed by atoms with van der Waals surface area (Å²) in [4.78, 5) is 0. The van der Waals surface area contributed by atoms with Crippen molar-refractivity contribution in [3.05, 3.63) is 35.5 Å². The minimum absolute atomic E-state index is 0.588. The first-order valence-corrected chi connectivity index (χ1v) is 6.47. The largest absolute Gasteiger partial charge is 0.383 e. The molecule has 1 aliphatic carbocycles. The molecule has 1 fully saturated rings. The molecule has 2 atom stereocenters. The lowest BCUT2D eigenvalue weighted by Gasteiger charge is -2.04. The number of aromatic nitrogens is 2. The van der Waals surface area contributed by atoms with Gasteiger partial charge in [-0.15, -0.1) is 0 Å². The number of hydrogen-bond donors (Lipinski definition) is 1. The van der Waals surface area contributed by atoms with Gasteiger partial charge in [-0.2, -0.15) is 5.10 Å². The van der Waals surface area contributed by atoms with Gasteiger partial charge in [0.05, 0.1) is 5.69 Å². The van der Waals surface area contributed by atoms with Crippen LogP contribution < -0.4 is 5.73 Å². The second-order valence-electron chi connectivity index (χ2n) is 5.45. The Kier molecular flexibility index (Phi) is 2.44. The third kappa shape index (κ3) is 1.70. The quantitative estimate of drug-likeness (QED) is 0.878. The lowest BCUT2D eigenvalue weighted by atomic mass is 10.0. The van der Waals surface area contributed by atoms with E-state index >= 15 is 0 Å². The molecule has 3 nitrogen and oxygen atoms in total. The topological polar surface area (TPSA) is 43.8 Å². The first-order chi connectivity index (χ1) is 8.58. The zero-order valence-corrected chi connectivity index (χ0v) is 11.1. The van der Waals surface area contributed by atoms with Crippen LogP contribution in [0.3, 0.4) is 0 Å². The van der Waals surface area contributed by atoms with Crippen molar-refractivity contribution in [2.45, 2.75) is 26.2 Å². The Bertz CT molecular complexity index is 581. The molecule has 0 amide bonds. The molecule has 1 heterocycles. The Hall–Kier alpha value is -1.77. The fourth-order valence-electron chi connectivity index (χ4n) is 2.54. The van der Waals surface area contributed by atoms with Crippen LogP contribution in [-0.2, 0) is 7.05 Å². The molecule has 0 radical (unpaired) electrons. The SMILES string of the molecule is Cc1ccc(-c2c(C3CC3C)nn(C)c2N)cc1. The predicted molar refractivity (Wildman–Crippen MR) is 74.3 cm³/mol. The van der Waals surface area contributed by atoms with Crippen LogP contribution >= 0.6 is 0 Å². The molecule has 3 heteroatoms. The van der Waals surface area contributed by atoms with Crippen molar-refractivity contribution in [1.29, 1.82) is 0 Å². The highest BCUT2D eigenvalue weighted by atomic mass is 15.3. The maximum Gasteiger partial charge on any atom is 0.129 e. The fourth-order valence-corrected chi connectivity index (χ4v) is 2.54. The van der Waals surface area contributed by atoms with Crippen LogP contribution in [0.5, 0.6) is 0 Å². The van der Waals surface area contributed by atoms with Gasteiger partial charge in [-0.25, -0.2) is 0 Å². The van der Waals surface area contributed by atoms with Crippen molar-refractivity contribution in [3.8, 4) is 11.1 Å². The van der Waals surface area contributed by atoms with E-state index in [2.05, 4.69) is 43.2 Å². The van der Waals surface area contributed by atoms with Crippen LogP contribution in [0.1, 0.15) is 30.5 Å². The lowest BCUT2D eigenvalue weighted by molar-refractivity contribution is 0.743. The monoisotopic (exact) mass is 241 g/mol. The summed E-state index contributed by atoms with van der Waals surface area (Å²) in [6.07, 6.45) is 1.23. The van der Waals surface area contributed by atoms with Crippen molar-refractivity contribution in [2.75, 3.05) is 5.73 Å². The Labute approximate surface area is 108 Å². The molecular weight excluding hydrogens is 222 g/mol. The van der Waals surface area contributed by atoms with E-state index in [0.29, 0.717) is 5.92 Å². The normalized spacial score (nSPS) is 22.2. The third-order valence-electron chi connectivity index (χ3n) is 3.92. The summed E-state index contributed by atoms with van der Waals surface area (Å²) in [6.45, 7) is 4.37. The zero-order chi connectivity index (χ0) is 12.9. The fraction of sp³-hybridized carbons (Fsp3) is 0.400. The van der Waals surface area contributed by atoms with Crippen molar-refractivity contribution < 1.29 is 0 Å². The van der Waals surface area contributed by atoms with E-state index in [1.54, 1.807) is 4.68 Å². The molecule has 2 aromatic rings. The molecule has 2 N–H and O–H groups in total. The highest BCUT2D eigenvalue weighted by molar-refractivity contribution is 5.77. The molecule has 1 aromatic heterocycles. The van der Waals surface area contributed by atoms with Crippen LogP contribution in [0.25, 0.3) is 11.1 Å². The summed E-state index contributed by atoms with van der Waals surface area (Å²) in [7, 11) is 1.92. The maximum atomic E-state index is 6.18. The number of nitrogens with zero attached hydrogens (tertiary/aromatic N) is 2. The van der Waals surface area contributed by atoms with Gasteiger partial charge in [-0.05, 0) is 24.8 Å². The molecule has 18 heavy (non-hydrogen) atoms. The molecule has 3 rings (SSSR count). The minimum atomic E-state index is 0.588. The van der Waals surface area contributed by atoms with Gasteiger partial charge in [0.1, 0.15) is 5.82 Å². The number of anilines is 1. The second-order valence-corrected chi connectivity index (χ2v) is 5.45. The molecule has 0 bridgehead atoms. The molecule has 0 aliphatic heterocycles. The van der Waals surface area contributed by atoms with Gasteiger partial charge in [0, 0.05) is 18.5 Å². The number of benzene rings is 1. The number of hydrogen-bond acceptors (Lipinski definition) is 2. The molecule has 94 valence electrons. The van der Waals surface area contributed by atoms with Gasteiger partial charge in [-0.1, -0.05) is 36.8 Å². The zero-order valence-electron chi connectivity index (χ0n) is 11.1. The van der Waals surface area contributed by atoms with Crippen molar-refractivity contribution in [2.24, 2.45) is 13.0 Å². The van der Waals surface area contributed by atoms with Crippen LogP contribution in [-0.4, -0.2) is 9.78 Å². The summed E-state index contributed by atoms with van der Waals surface area (Å²) in [6, 6.07) is 8.53. The average Bonchev–Trinajstić information content (AvgIpc) is 2.99. The van der Waals surface area contributed by atoms with Crippen LogP contribution in [0.2, 0.25) is 0 Å². The summed E-state index contributed by atoms with van der Waals surface area (Å²) in [5.74, 6) is 2.10. The van der Waals surface area contributed by atoms with Crippen LogP contribution in [0, 0.1) is 12.8 Å². The van der Waals surface area contributed by atoms with Gasteiger partial charge in [0.2, 0.25) is 0 Å². The predicted octanol–water partition coefficient (Wildman–Crippen LogP) is 3.10. The van der Waals surface area contributed by atoms with E-state index in [1.165, 1.54) is 23.2 Å². The van der Waals surface area contributed by atoms with Gasteiger partial charge in [-0.3, -0.25) is 4.68 Å². The summed E-state index contributed by atoms with van der Waals surface area (Å²) >= 11 is 0. The van der Waals surface area contributed by atoms with E-state index in [4.69, 9.17) is 5.73 Å². The molecule has 1 aliphatic rings. The smallest absolute Gasteiger partial charge is 0.129 e. The maximum absolute atomic E-state index is 6.18. The lowest BCUT2D eigenvalue weighted by Crippen LogP contribution is -1.98. The van der Waals surface area contributed by atoms with E-state index in [0.717, 1.165) is 17.3 Å². The molecule has 2 unspecified atom stereocenters. The number of nitrogens with two attached hydrogens (primary N) is 1. The van der Waals surface area contributed by atoms with Gasteiger partial charge < -0.3 is 5.73 Å². The van der Waals surface area contributed by atoms with Gasteiger partial charge in [0.25, 0.3) is 0 Å². The highest BCUT2D eigenvalue weighted by Crippen LogP contribution is 2.50. The van der Waals surface area contributed by atoms with E-state index in [1.807, 2.05) is 7.05 Å². The van der Waals surface area contributed by atoms with E-state index < -0.39 is 0 Å². The first-order valence-electron chi connectivity index (χ1n) is 6.47. The van der Waals surface area contributed by atoms with Crippen LogP contribution in [0.15, 0.2) is 24.3 Å². The Balaban J connectivity index is 2.12. The van der Waals surface area contributed by atoms with Gasteiger partial charge in [0.15, 0.2) is 0 Å². The molecule has 0 saturated heterocycles. The second kappa shape index (κ2) is 3.87. The molecule has 1 saturated carbocycles. The number of rotatable bonds is 2. The van der Waals surface area contributed by atoms with Crippen LogP contribution in [0.4, 0.5) is 5.82 Å². The molecule has 0 spiro atoms. The van der Waals surface area contributed by atoms with Gasteiger partial charge >= 0.3 is 0 Å². The molecular formula is C15H19N3. The Morgan fingerprint density at radius 1 is 1.28 bits per heavy atom. The molecule has 1 aromatic carbocycles. The standard InChI is InChI=1S/C15H19N3/c1-9-4-6-11(7-5-9)13-14(12-8-10(12)2)17-18(3)15(13)16/h4-7,10,12H,8,16H2,1-3H3. The Morgan fingerprint density at radius 3 is 2.44 bits per heavy atom. The summed E-state index contributed by atoms with van der Waals surface area (Å²) < 4.78 is 1.80. The number of aryl methyl sites for hydroxylation is 2. The Morgan fingerprint density at radius 2 is 1.89 bits per heavy atom. The van der Waals surface area contributed by atoms with Crippen molar-refractivity contribution in [1.82, 2.24) is 9.78 Å². The van der Waals surface area contributed by atoms with E-state index in [-0.39, 0.29) is 0 Å². The average molecular weight is 241 g/mol. The highest BCUT2D eigenvalue weighted by Gasteiger charge is 2.38.